The highest BCUT2D eigenvalue weighted by atomic mass is 79.9. The van der Waals surface area contributed by atoms with Gasteiger partial charge in [-0.25, -0.2) is 9.78 Å². The number of halogens is 2. The fourth-order valence-corrected chi connectivity index (χ4v) is 2.00. The van der Waals surface area contributed by atoms with Crippen LogP contribution in [-0.4, -0.2) is 34.2 Å². The van der Waals surface area contributed by atoms with Gasteiger partial charge in [0, 0.05) is 18.8 Å². The van der Waals surface area contributed by atoms with Gasteiger partial charge in [-0.05, 0) is 61.1 Å². The number of carbonyl (C=O) groups excluding carboxylic acids is 1. The third kappa shape index (κ3) is 6.79. The number of rotatable bonds is 5. The predicted molar refractivity (Wildman–Crippen MR) is 91.2 cm³/mol. The number of nitrogens with one attached hydrogen (secondary N) is 2. The van der Waals surface area contributed by atoms with Crippen LogP contribution in [-0.2, 0) is 4.74 Å². The Hall–Kier alpha value is -1.08. The van der Waals surface area contributed by atoms with E-state index in [-0.39, 0.29) is 17.2 Å². The lowest BCUT2D eigenvalue weighted by atomic mass is 10.0. The summed E-state index contributed by atoms with van der Waals surface area (Å²) >= 11 is 9.12. The third-order valence-electron chi connectivity index (χ3n) is 2.90. The van der Waals surface area contributed by atoms with Crippen LogP contribution in [0.5, 0.6) is 0 Å². The number of carbonyl (C=O) groups is 1. The lowest BCUT2D eigenvalue weighted by Crippen LogP contribution is -2.42. The van der Waals surface area contributed by atoms with Crippen molar-refractivity contribution in [2.45, 2.75) is 46.3 Å². The molecule has 1 rings (SSSR count). The van der Waals surface area contributed by atoms with Gasteiger partial charge in [-0.2, -0.15) is 4.98 Å². The zero-order valence-electron chi connectivity index (χ0n) is 13.4. The highest BCUT2D eigenvalue weighted by Gasteiger charge is 2.20. The zero-order valence-corrected chi connectivity index (χ0v) is 15.7. The quantitative estimate of drug-likeness (QED) is 0.743. The molecule has 0 aromatic carbocycles. The number of ether oxygens (including phenoxy) is 1. The molecule has 2 N–H and O–H groups in total. The van der Waals surface area contributed by atoms with Crippen LogP contribution in [0, 0.1) is 5.92 Å². The molecule has 0 aliphatic rings. The van der Waals surface area contributed by atoms with Gasteiger partial charge in [0.2, 0.25) is 5.28 Å². The maximum absolute atomic E-state index is 11.7. The summed E-state index contributed by atoms with van der Waals surface area (Å²) in [6, 6.07) is -0.0570. The standard InChI is InChI=1S/C14H22BrClN4O2/c1-8(9(2)19-13(21)22-14(3,4)5)6-17-11-10(15)7-18-12(16)20-11/h7-9H,6H2,1-5H3,(H,19,21)(H,17,18,20). The Bertz CT molecular complexity index is 522. The molecular weight excluding hydrogens is 372 g/mol. The van der Waals surface area contributed by atoms with Crippen molar-refractivity contribution in [3.63, 3.8) is 0 Å². The average molecular weight is 394 g/mol. The van der Waals surface area contributed by atoms with Crippen molar-refractivity contribution in [2.24, 2.45) is 5.92 Å². The van der Waals surface area contributed by atoms with E-state index in [2.05, 4.69) is 36.5 Å². The molecule has 22 heavy (non-hydrogen) atoms. The molecule has 1 heterocycles. The molecule has 0 fully saturated rings. The minimum Gasteiger partial charge on any atom is -0.444 e. The maximum Gasteiger partial charge on any atom is 0.407 e. The topological polar surface area (TPSA) is 76.1 Å². The maximum atomic E-state index is 11.7. The molecule has 0 saturated carbocycles. The lowest BCUT2D eigenvalue weighted by molar-refractivity contribution is 0.0495. The summed E-state index contributed by atoms with van der Waals surface area (Å²) in [4.78, 5) is 19.7. The van der Waals surface area contributed by atoms with Crippen LogP contribution < -0.4 is 10.6 Å². The van der Waals surface area contributed by atoms with Crippen LogP contribution in [0.4, 0.5) is 10.6 Å². The van der Waals surface area contributed by atoms with Crippen LogP contribution in [0.2, 0.25) is 5.28 Å². The molecule has 0 radical (unpaired) electrons. The van der Waals surface area contributed by atoms with Crippen LogP contribution in [0.3, 0.4) is 0 Å². The fourth-order valence-electron chi connectivity index (χ4n) is 1.54. The largest absolute Gasteiger partial charge is 0.444 e. The highest BCUT2D eigenvalue weighted by molar-refractivity contribution is 9.10. The molecule has 2 unspecified atom stereocenters. The van der Waals surface area contributed by atoms with E-state index in [9.17, 15) is 4.79 Å². The molecule has 0 bridgehead atoms. The number of nitrogens with zero attached hydrogens (tertiary/aromatic N) is 2. The zero-order chi connectivity index (χ0) is 16.9. The summed E-state index contributed by atoms with van der Waals surface area (Å²) in [5, 5.41) is 6.19. The minimum absolute atomic E-state index is 0.0570. The van der Waals surface area contributed by atoms with Crippen LogP contribution in [0.25, 0.3) is 0 Å². The second-order valence-corrected chi connectivity index (χ2v) is 7.32. The van der Waals surface area contributed by atoms with Gasteiger partial charge in [-0.1, -0.05) is 6.92 Å². The molecule has 0 aliphatic heterocycles. The van der Waals surface area contributed by atoms with E-state index in [4.69, 9.17) is 16.3 Å². The number of aromatic nitrogens is 2. The average Bonchev–Trinajstić information content (AvgIpc) is 2.37. The first-order valence-electron chi connectivity index (χ1n) is 7.00. The van der Waals surface area contributed by atoms with Crippen molar-refractivity contribution in [2.75, 3.05) is 11.9 Å². The van der Waals surface area contributed by atoms with Crippen molar-refractivity contribution in [1.29, 1.82) is 0 Å². The molecule has 1 aromatic heterocycles. The van der Waals surface area contributed by atoms with Gasteiger partial charge in [-0.3, -0.25) is 0 Å². The Morgan fingerprint density at radius 2 is 2.09 bits per heavy atom. The van der Waals surface area contributed by atoms with Gasteiger partial charge in [0.1, 0.15) is 11.4 Å². The molecular formula is C14H22BrClN4O2. The van der Waals surface area contributed by atoms with E-state index in [0.29, 0.717) is 12.4 Å². The Kier molecular flexibility index (Phi) is 6.87. The number of amides is 1. The monoisotopic (exact) mass is 392 g/mol. The van der Waals surface area contributed by atoms with Gasteiger partial charge in [-0.15, -0.1) is 0 Å². The number of hydrogen-bond acceptors (Lipinski definition) is 5. The van der Waals surface area contributed by atoms with E-state index < -0.39 is 11.7 Å². The number of anilines is 1. The van der Waals surface area contributed by atoms with Gasteiger partial charge in [0.15, 0.2) is 0 Å². The molecule has 0 aliphatic carbocycles. The van der Waals surface area contributed by atoms with Crippen LogP contribution in [0.15, 0.2) is 10.7 Å². The van der Waals surface area contributed by atoms with E-state index in [1.54, 1.807) is 6.20 Å². The van der Waals surface area contributed by atoms with Gasteiger partial charge in [0.25, 0.3) is 0 Å². The fraction of sp³-hybridized carbons (Fsp3) is 0.643. The third-order valence-corrected chi connectivity index (χ3v) is 3.67. The van der Waals surface area contributed by atoms with Crippen LogP contribution in [0.1, 0.15) is 34.6 Å². The van der Waals surface area contributed by atoms with Gasteiger partial charge >= 0.3 is 6.09 Å². The predicted octanol–water partition coefficient (Wildman–Crippen LogP) is 3.85. The molecule has 1 aromatic rings. The van der Waals surface area contributed by atoms with Crippen LogP contribution >= 0.6 is 27.5 Å². The molecule has 0 saturated heterocycles. The van der Waals surface area contributed by atoms with E-state index in [1.807, 2.05) is 34.6 Å². The molecule has 0 spiro atoms. The molecule has 124 valence electrons. The Balaban J connectivity index is 2.49. The number of hydrogen-bond donors (Lipinski definition) is 2. The summed E-state index contributed by atoms with van der Waals surface area (Å²) in [6.45, 7) is 10.1. The first kappa shape index (κ1) is 19.0. The smallest absolute Gasteiger partial charge is 0.407 e. The summed E-state index contributed by atoms with van der Waals surface area (Å²) in [5.41, 5.74) is -0.506. The second-order valence-electron chi connectivity index (χ2n) is 6.13. The SMILES string of the molecule is CC(CNc1nc(Cl)ncc1Br)C(C)NC(=O)OC(C)(C)C. The van der Waals surface area contributed by atoms with Crippen molar-refractivity contribution in [1.82, 2.24) is 15.3 Å². The van der Waals surface area contributed by atoms with Crippen molar-refractivity contribution < 1.29 is 9.53 Å². The summed E-state index contributed by atoms with van der Waals surface area (Å²) < 4.78 is 5.97. The summed E-state index contributed by atoms with van der Waals surface area (Å²) in [7, 11) is 0. The summed E-state index contributed by atoms with van der Waals surface area (Å²) in [5.74, 6) is 0.782. The van der Waals surface area contributed by atoms with E-state index >= 15 is 0 Å². The molecule has 6 nitrogen and oxygen atoms in total. The lowest BCUT2D eigenvalue weighted by Gasteiger charge is -2.25. The van der Waals surface area contributed by atoms with Crippen molar-refractivity contribution >= 4 is 39.4 Å². The Morgan fingerprint density at radius 1 is 1.45 bits per heavy atom. The molecule has 8 heteroatoms. The summed E-state index contributed by atoms with van der Waals surface area (Å²) in [6.07, 6.45) is 1.17. The number of alkyl carbamates (subject to hydrolysis) is 1. The van der Waals surface area contributed by atoms with Crippen molar-refractivity contribution in [3.05, 3.63) is 16.0 Å². The second kappa shape index (κ2) is 7.97. The Morgan fingerprint density at radius 3 is 2.68 bits per heavy atom. The normalized spacial score (nSPS) is 14.1. The molecule has 2 atom stereocenters. The first-order valence-corrected chi connectivity index (χ1v) is 8.17. The molecule has 1 amide bonds. The van der Waals surface area contributed by atoms with E-state index in [0.717, 1.165) is 4.47 Å². The van der Waals surface area contributed by atoms with Gasteiger partial charge < -0.3 is 15.4 Å². The Labute approximate surface area is 144 Å². The highest BCUT2D eigenvalue weighted by Crippen LogP contribution is 2.20. The van der Waals surface area contributed by atoms with Gasteiger partial charge in [0.05, 0.1) is 4.47 Å². The minimum atomic E-state index is -0.506. The van der Waals surface area contributed by atoms with Crippen molar-refractivity contribution in [3.8, 4) is 0 Å². The van der Waals surface area contributed by atoms with E-state index in [1.165, 1.54) is 0 Å². The first-order chi connectivity index (χ1) is 10.1.